The summed E-state index contributed by atoms with van der Waals surface area (Å²) in [4.78, 5) is 0. The first-order chi connectivity index (χ1) is 6.53. The molecule has 0 saturated heterocycles. The molecule has 14 heavy (non-hydrogen) atoms. The van der Waals surface area contributed by atoms with Crippen molar-refractivity contribution in [1.29, 1.82) is 0 Å². The van der Waals surface area contributed by atoms with Gasteiger partial charge in [-0.2, -0.15) is 0 Å². The second kappa shape index (κ2) is 4.26. The van der Waals surface area contributed by atoms with Crippen molar-refractivity contribution in [3.8, 4) is 11.8 Å². The zero-order valence-corrected chi connectivity index (χ0v) is 8.47. The predicted molar refractivity (Wildman–Crippen MR) is 56.1 cm³/mol. The van der Waals surface area contributed by atoms with E-state index in [1.54, 1.807) is 19.1 Å². The number of nitrogens with two attached hydrogens (primary N) is 1. The summed E-state index contributed by atoms with van der Waals surface area (Å²) in [6, 6.07) is 6.34. The zero-order valence-electron chi connectivity index (χ0n) is 8.47. The van der Waals surface area contributed by atoms with Crippen molar-refractivity contribution in [2.24, 2.45) is 5.73 Å². The first-order valence-corrected chi connectivity index (χ1v) is 4.51. The molecule has 0 radical (unpaired) electrons. The van der Waals surface area contributed by atoms with E-state index < -0.39 is 5.54 Å². The van der Waals surface area contributed by atoms with Crippen molar-refractivity contribution in [1.82, 2.24) is 0 Å². The van der Waals surface area contributed by atoms with Crippen LogP contribution in [0.2, 0.25) is 0 Å². The lowest BCUT2D eigenvalue weighted by molar-refractivity contribution is 0.598. The zero-order chi connectivity index (χ0) is 10.6. The maximum absolute atomic E-state index is 12.6. The molecule has 1 aromatic carbocycles. The molecule has 2 N–H and O–H groups in total. The Balaban J connectivity index is 2.77. The Kier molecular flexibility index (Phi) is 3.27. The normalized spacial score (nSPS) is 14.0. The molecule has 0 aliphatic rings. The third-order valence-corrected chi connectivity index (χ3v) is 1.90. The maximum Gasteiger partial charge on any atom is 0.123 e. The minimum absolute atomic E-state index is 0.228. The van der Waals surface area contributed by atoms with E-state index in [0.717, 1.165) is 5.56 Å². The number of halogens is 1. The van der Waals surface area contributed by atoms with Gasteiger partial charge in [0, 0.05) is 6.42 Å². The summed E-state index contributed by atoms with van der Waals surface area (Å²) in [7, 11) is 0. The molecule has 0 fully saturated rings. The van der Waals surface area contributed by atoms with Crippen LogP contribution in [0.15, 0.2) is 24.3 Å². The van der Waals surface area contributed by atoms with Gasteiger partial charge in [0.15, 0.2) is 0 Å². The van der Waals surface area contributed by atoms with Gasteiger partial charge in [0.25, 0.3) is 0 Å². The van der Waals surface area contributed by atoms with Crippen molar-refractivity contribution >= 4 is 0 Å². The number of rotatable bonds is 2. The van der Waals surface area contributed by atoms with Gasteiger partial charge in [-0.05, 0) is 31.5 Å². The highest BCUT2D eigenvalue weighted by Crippen LogP contribution is 2.10. The Labute approximate surface area is 84.1 Å². The van der Waals surface area contributed by atoms with E-state index in [2.05, 4.69) is 11.8 Å². The fraction of sp³-hybridized carbons (Fsp3) is 0.333. The smallest absolute Gasteiger partial charge is 0.123 e. The van der Waals surface area contributed by atoms with Crippen molar-refractivity contribution in [2.75, 3.05) is 0 Å². The van der Waals surface area contributed by atoms with E-state index in [1.807, 2.05) is 6.92 Å². The molecule has 1 nitrogen and oxygen atoms in total. The lowest BCUT2D eigenvalue weighted by Gasteiger charge is -2.17. The summed E-state index contributed by atoms with van der Waals surface area (Å²) in [5.41, 5.74) is 6.39. The summed E-state index contributed by atoms with van der Waals surface area (Å²) in [6.45, 7) is 3.63. The highest BCUT2D eigenvalue weighted by Gasteiger charge is 2.15. The third-order valence-electron chi connectivity index (χ3n) is 1.90. The Morgan fingerprint density at radius 2 is 1.93 bits per heavy atom. The topological polar surface area (TPSA) is 26.0 Å². The van der Waals surface area contributed by atoms with Crippen LogP contribution in [-0.4, -0.2) is 5.54 Å². The van der Waals surface area contributed by atoms with Crippen LogP contribution in [-0.2, 0) is 6.42 Å². The maximum atomic E-state index is 12.6. The molecule has 0 heterocycles. The molecule has 0 bridgehead atoms. The van der Waals surface area contributed by atoms with Gasteiger partial charge in [-0.25, -0.2) is 4.39 Å². The van der Waals surface area contributed by atoms with Crippen LogP contribution in [0, 0.1) is 17.7 Å². The van der Waals surface area contributed by atoms with Crippen LogP contribution >= 0.6 is 0 Å². The molecule has 0 saturated carbocycles. The number of hydrogen-bond donors (Lipinski definition) is 1. The molecule has 0 spiro atoms. The Hall–Kier alpha value is -1.33. The molecule has 0 aliphatic carbocycles. The molecule has 1 rings (SSSR count). The highest BCUT2D eigenvalue weighted by atomic mass is 19.1. The summed E-state index contributed by atoms with van der Waals surface area (Å²) >= 11 is 0. The largest absolute Gasteiger partial charge is 0.315 e. The van der Waals surface area contributed by atoms with E-state index in [1.165, 1.54) is 12.1 Å². The molecular weight excluding hydrogens is 177 g/mol. The van der Waals surface area contributed by atoms with Crippen molar-refractivity contribution in [3.05, 3.63) is 35.6 Å². The van der Waals surface area contributed by atoms with Crippen LogP contribution in [0.5, 0.6) is 0 Å². The second-order valence-electron chi connectivity index (χ2n) is 3.60. The van der Waals surface area contributed by atoms with Gasteiger partial charge in [-0.3, -0.25) is 0 Å². The van der Waals surface area contributed by atoms with E-state index in [9.17, 15) is 4.39 Å². The number of hydrogen-bond acceptors (Lipinski definition) is 1. The lowest BCUT2D eigenvalue weighted by atomic mass is 9.95. The Morgan fingerprint density at radius 1 is 1.36 bits per heavy atom. The molecule has 0 aromatic heterocycles. The molecule has 1 unspecified atom stereocenters. The van der Waals surface area contributed by atoms with Gasteiger partial charge in [0.2, 0.25) is 0 Å². The van der Waals surface area contributed by atoms with Gasteiger partial charge < -0.3 is 5.73 Å². The average Bonchev–Trinajstić information content (AvgIpc) is 2.08. The predicted octanol–water partition coefficient (Wildman–Crippen LogP) is 2.11. The van der Waals surface area contributed by atoms with Gasteiger partial charge in [0.1, 0.15) is 5.82 Å². The monoisotopic (exact) mass is 191 g/mol. The van der Waals surface area contributed by atoms with E-state index in [4.69, 9.17) is 5.73 Å². The molecule has 0 amide bonds. The standard InChI is InChI=1S/C12H14FN/c1-3-8-12(2,14)9-10-4-6-11(13)7-5-10/h4-7H,9,14H2,1-2H3. The Morgan fingerprint density at radius 3 is 2.43 bits per heavy atom. The minimum Gasteiger partial charge on any atom is -0.315 e. The molecular formula is C12H14FN. The van der Waals surface area contributed by atoms with Crippen LogP contribution in [0.25, 0.3) is 0 Å². The third kappa shape index (κ3) is 3.20. The molecule has 74 valence electrons. The van der Waals surface area contributed by atoms with E-state index >= 15 is 0 Å². The Bertz CT molecular complexity index is 354. The van der Waals surface area contributed by atoms with Crippen LogP contribution in [0.3, 0.4) is 0 Å². The number of benzene rings is 1. The quantitative estimate of drug-likeness (QED) is 0.712. The summed E-state index contributed by atoms with van der Waals surface area (Å²) in [5, 5.41) is 0. The molecule has 1 aromatic rings. The summed E-state index contributed by atoms with van der Waals surface area (Å²) in [6.07, 6.45) is 0.633. The van der Waals surface area contributed by atoms with Gasteiger partial charge in [-0.15, -0.1) is 5.92 Å². The fourth-order valence-corrected chi connectivity index (χ4v) is 1.36. The first-order valence-electron chi connectivity index (χ1n) is 4.51. The molecule has 2 heteroatoms. The van der Waals surface area contributed by atoms with Gasteiger partial charge in [-0.1, -0.05) is 18.1 Å². The summed E-state index contributed by atoms with van der Waals surface area (Å²) < 4.78 is 12.6. The van der Waals surface area contributed by atoms with Crippen molar-refractivity contribution < 1.29 is 4.39 Å². The fourth-order valence-electron chi connectivity index (χ4n) is 1.36. The van der Waals surface area contributed by atoms with Crippen molar-refractivity contribution in [2.45, 2.75) is 25.8 Å². The van der Waals surface area contributed by atoms with E-state index in [0.29, 0.717) is 6.42 Å². The minimum atomic E-state index is -0.535. The van der Waals surface area contributed by atoms with Crippen LogP contribution < -0.4 is 5.73 Å². The lowest BCUT2D eigenvalue weighted by Crippen LogP contribution is -2.36. The SMILES string of the molecule is CC#CC(C)(N)Cc1ccc(F)cc1. The summed E-state index contributed by atoms with van der Waals surface area (Å²) in [5.74, 6) is 5.48. The second-order valence-corrected chi connectivity index (χ2v) is 3.60. The van der Waals surface area contributed by atoms with Crippen LogP contribution in [0.1, 0.15) is 19.4 Å². The average molecular weight is 191 g/mol. The van der Waals surface area contributed by atoms with Gasteiger partial charge >= 0.3 is 0 Å². The van der Waals surface area contributed by atoms with Crippen LogP contribution in [0.4, 0.5) is 4.39 Å². The molecule has 0 aliphatic heterocycles. The van der Waals surface area contributed by atoms with Crippen molar-refractivity contribution in [3.63, 3.8) is 0 Å². The highest BCUT2D eigenvalue weighted by molar-refractivity contribution is 5.24. The van der Waals surface area contributed by atoms with E-state index in [-0.39, 0.29) is 5.82 Å². The first kappa shape index (κ1) is 10.7. The van der Waals surface area contributed by atoms with Gasteiger partial charge in [0.05, 0.1) is 5.54 Å². The molecule has 1 atom stereocenters.